The molecule has 292 valence electrons. The van der Waals surface area contributed by atoms with Crippen LogP contribution in [0, 0.1) is 0 Å². The topological polar surface area (TPSA) is 44.8 Å². The number of benzene rings is 7. The maximum absolute atomic E-state index is 5.41. The third-order valence-corrected chi connectivity index (χ3v) is 12.0. The molecular weight excluding hydrogens is 729 g/mol. The van der Waals surface area contributed by atoms with Gasteiger partial charge in [0, 0.05) is 49.8 Å². The second kappa shape index (κ2) is 15.6. The number of aromatic nitrogens is 3. The Morgan fingerprint density at radius 1 is 0.550 bits per heavy atom. The van der Waals surface area contributed by atoms with Crippen LogP contribution in [0.2, 0.25) is 0 Å². The van der Waals surface area contributed by atoms with Crippen LogP contribution in [-0.2, 0) is 6.42 Å². The molecule has 0 unspecified atom stereocenters. The summed E-state index contributed by atoms with van der Waals surface area (Å²) in [6.07, 6.45) is 13.3. The van der Waals surface area contributed by atoms with E-state index >= 15 is 0 Å². The second-order valence-electron chi connectivity index (χ2n) is 15.2. The van der Waals surface area contributed by atoms with Gasteiger partial charge in [0.25, 0.3) is 0 Å². The minimum atomic E-state index is 0.712. The van der Waals surface area contributed by atoms with Crippen molar-refractivity contribution in [2.45, 2.75) is 53.4 Å². The molecule has 1 aliphatic heterocycles. The molecule has 3 heterocycles. The number of fused-ring (bicyclic) bond motifs is 7. The number of hydrogen-bond acceptors (Lipinski definition) is 3. The molecule has 0 radical (unpaired) electrons. The SMILES string of the molecule is C1=CC2=C(CC1)c1cccc3cc4c([nH]c5ccccc54)c(c13)N2c1cccc(-c2nc(-c3cccc4c3C=CCC4)cc(-c3cccc4ccccc34)n2)c1.CC.CC. The molecule has 60 heavy (non-hydrogen) atoms. The highest BCUT2D eigenvalue weighted by molar-refractivity contribution is 6.23. The van der Waals surface area contributed by atoms with Crippen molar-refractivity contribution in [2.75, 3.05) is 4.90 Å². The Bertz CT molecular complexity index is 3210. The average Bonchev–Trinajstić information content (AvgIpc) is 3.71. The highest BCUT2D eigenvalue weighted by atomic mass is 15.2. The lowest BCUT2D eigenvalue weighted by Crippen LogP contribution is -2.22. The van der Waals surface area contributed by atoms with Gasteiger partial charge in [-0.25, -0.2) is 9.97 Å². The first-order valence-corrected chi connectivity index (χ1v) is 21.7. The molecule has 0 spiro atoms. The first kappa shape index (κ1) is 37.2. The molecule has 2 aliphatic carbocycles. The summed E-state index contributed by atoms with van der Waals surface area (Å²) in [6.45, 7) is 8.00. The normalized spacial score (nSPS) is 13.8. The minimum Gasteiger partial charge on any atom is -0.353 e. The van der Waals surface area contributed by atoms with Gasteiger partial charge < -0.3 is 9.88 Å². The third-order valence-electron chi connectivity index (χ3n) is 12.0. The van der Waals surface area contributed by atoms with Crippen LogP contribution >= 0.6 is 0 Å². The summed E-state index contributed by atoms with van der Waals surface area (Å²) >= 11 is 0. The van der Waals surface area contributed by atoms with Crippen molar-refractivity contribution in [1.82, 2.24) is 15.0 Å². The first-order chi connectivity index (χ1) is 29.8. The molecule has 4 nitrogen and oxygen atoms in total. The zero-order valence-corrected chi connectivity index (χ0v) is 34.8. The molecule has 0 atom stereocenters. The van der Waals surface area contributed by atoms with Gasteiger partial charge >= 0.3 is 0 Å². The number of anilines is 2. The van der Waals surface area contributed by atoms with Crippen molar-refractivity contribution < 1.29 is 0 Å². The fourth-order valence-electron chi connectivity index (χ4n) is 9.51. The van der Waals surface area contributed by atoms with Gasteiger partial charge in [-0.05, 0) is 101 Å². The van der Waals surface area contributed by atoms with E-state index in [1.165, 1.54) is 66.0 Å². The van der Waals surface area contributed by atoms with Crippen molar-refractivity contribution in [3.8, 4) is 33.9 Å². The first-order valence-electron chi connectivity index (χ1n) is 21.7. The van der Waals surface area contributed by atoms with E-state index < -0.39 is 0 Å². The molecule has 1 N–H and O–H groups in total. The number of H-pyrrole nitrogens is 1. The zero-order valence-electron chi connectivity index (χ0n) is 34.8. The lowest BCUT2D eigenvalue weighted by atomic mass is 9.85. The molecule has 0 saturated heterocycles. The second-order valence-corrected chi connectivity index (χ2v) is 15.2. The van der Waals surface area contributed by atoms with E-state index in [0.717, 1.165) is 70.5 Å². The molecule has 0 fully saturated rings. The summed E-state index contributed by atoms with van der Waals surface area (Å²) in [4.78, 5) is 17.2. The number of hydrogen-bond donors (Lipinski definition) is 1. The van der Waals surface area contributed by atoms with E-state index in [1.807, 2.05) is 27.7 Å². The molecule has 9 aromatic rings. The molecular formula is C56H48N4. The average molecular weight is 777 g/mol. The van der Waals surface area contributed by atoms with Crippen molar-refractivity contribution in [2.24, 2.45) is 0 Å². The molecule has 0 saturated carbocycles. The monoisotopic (exact) mass is 776 g/mol. The van der Waals surface area contributed by atoms with Crippen LogP contribution in [0.5, 0.6) is 0 Å². The number of rotatable bonds is 4. The predicted molar refractivity (Wildman–Crippen MR) is 257 cm³/mol. The van der Waals surface area contributed by atoms with Crippen LogP contribution in [0.1, 0.15) is 63.6 Å². The zero-order chi connectivity index (χ0) is 40.7. The third kappa shape index (κ3) is 6.05. The number of nitrogens with one attached hydrogen (secondary N) is 1. The minimum absolute atomic E-state index is 0.712. The summed E-state index contributed by atoms with van der Waals surface area (Å²) in [7, 11) is 0. The number of allylic oxidation sites excluding steroid dienone is 4. The summed E-state index contributed by atoms with van der Waals surface area (Å²) in [5.41, 5.74) is 16.2. The lowest BCUT2D eigenvalue weighted by molar-refractivity contribution is 0.985. The van der Waals surface area contributed by atoms with Gasteiger partial charge in [-0.3, -0.25) is 0 Å². The van der Waals surface area contributed by atoms with Gasteiger partial charge in [0.05, 0.1) is 22.6 Å². The van der Waals surface area contributed by atoms with Gasteiger partial charge in [-0.2, -0.15) is 0 Å². The fraction of sp³-hybridized carbons (Fsp3) is 0.143. The number of aryl methyl sites for hydroxylation is 1. The van der Waals surface area contributed by atoms with E-state index in [-0.39, 0.29) is 0 Å². The van der Waals surface area contributed by atoms with Crippen molar-refractivity contribution in [3.63, 3.8) is 0 Å². The van der Waals surface area contributed by atoms with Gasteiger partial charge in [-0.15, -0.1) is 0 Å². The van der Waals surface area contributed by atoms with Gasteiger partial charge in [0.15, 0.2) is 5.82 Å². The highest BCUT2D eigenvalue weighted by Gasteiger charge is 2.31. The van der Waals surface area contributed by atoms with Crippen LogP contribution in [0.3, 0.4) is 0 Å². The van der Waals surface area contributed by atoms with Crippen molar-refractivity contribution in [1.29, 1.82) is 0 Å². The van der Waals surface area contributed by atoms with E-state index in [4.69, 9.17) is 9.97 Å². The van der Waals surface area contributed by atoms with Crippen LogP contribution < -0.4 is 4.90 Å². The quantitative estimate of drug-likeness (QED) is 0.194. The number of aromatic amines is 1. The summed E-state index contributed by atoms with van der Waals surface area (Å²) in [5.74, 6) is 0.712. The molecule has 2 aromatic heterocycles. The maximum Gasteiger partial charge on any atom is 0.160 e. The van der Waals surface area contributed by atoms with E-state index in [2.05, 4.69) is 174 Å². The van der Waals surface area contributed by atoms with E-state index in [0.29, 0.717) is 5.82 Å². The van der Waals surface area contributed by atoms with Crippen molar-refractivity contribution >= 4 is 66.4 Å². The summed E-state index contributed by atoms with van der Waals surface area (Å²) in [6, 6.07) is 50.6. The van der Waals surface area contributed by atoms with Crippen LogP contribution in [0.25, 0.3) is 88.9 Å². The molecule has 0 amide bonds. The largest absolute Gasteiger partial charge is 0.353 e. The smallest absolute Gasteiger partial charge is 0.160 e. The Balaban J connectivity index is 0.00000105. The van der Waals surface area contributed by atoms with E-state index in [9.17, 15) is 0 Å². The lowest BCUT2D eigenvalue weighted by Gasteiger charge is -2.36. The molecule has 4 heteroatoms. The standard InChI is InChI=1S/C52H36N4.2C2H6/c1-3-20-37-32(13-1)15-10-24-39(37)46-31-47(40-25-11-16-33-14-2-4-21-38(33)40)55-52(54-46)35-18-9-19-36(29-35)56-48-28-8-6-23-42(48)43-26-12-17-34-30-44-41-22-5-7-27-45(41)53-50(44)51(56)49(34)43;2*1-2/h1,3-5,7-13,15-22,24-31,53H,2,6,14,23H2;2*1-2H3. The number of para-hydroxylation sites is 1. The molecule has 3 aliphatic rings. The Morgan fingerprint density at radius 2 is 1.23 bits per heavy atom. The van der Waals surface area contributed by atoms with Gasteiger partial charge in [0.1, 0.15) is 0 Å². The summed E-state index contributed by atoms with van der Waals surface area (Å²) < 4.78 is 0. The Hall–Kier alpha value is -7.04. The molecule has 12 rings (SSSR count). The van der Waals surface area contributed by atoms with Gasteiger partial charge in [0.2, 0.25) is 0 Å². The van der Waals surface area contributed by atoms with Crippen molar-refractivity contribution in [3.05, 3.63) is 180 Å². The molecule has 0 bridgehead atoms. The van der Waals surface area contributed by atoms with Crippen LogP contribution in [0.4, 0.5) is 11.4 Å². The Labute approximate surface area is 352 Å². The highest BCUT2D eigenvalue weighted by Crippen LogP contribution is 2.52. The van der Waals surface area contributed by atoms with E-state index in [1.54, 1.807) is 0 Å². The van der Waals surface area contributed by atoms with Crippen LogP contribution in [-0.4, -0.2) is 15.0 Å². The fourth-order valence-corrected chi connectivity index (χ4v) is 9.51. The maximum atomic E-state index is 5.41. The number of nitrogens with zero attached hydrogens (tertiary/aromatic N) is 3. The van der Waals surface area contributed by atoms with Gasteiger partial charge in [-0.1, -0.05) is 155 Å². The Kier molecular flexibility index (Phi) is 9.69. The Morgan fingerprint density at radius 3 is 2.12 bits per heavy atom. The van der Waals surface area contributed by atoms with Crippen LogP contribution in [0.15, 0.2) is 163 Å². The summed E-state index contributed by atoms with van der Waals surface area (Å²) in [5, 5.41) is 7.41. The molecule has 7 aromatic carbocycles. The predicted octanol–water partition coefficient (Wildman–Crippen LogP) is 15.6.